The topological polar surface area (TPSA) is 118 Å². The molecule has 0 saturated carbocycles. The van der Waals surface area contributed by atoms with Gasteiger partial charge in [-0.05, 0) is 22.3 Å². The van der Waals surface area contributed by atoms with Crippen molar-refractivity contribution in [2.24, 2.45) is 5.92 Å². The molecule has 2 atom stereocenters. The molecule has 1 fully saturated rings. The molecule has 0 radical (unpaired) electrons. The highest BCUT2D eigenvalue weighted by atomic mass is 16.5. The second kappa shape index (κ2) is 9.27. The monoisotopic (exact) mass is 476 g/mol. The molecule has 2 amide bonds. The lowest BCUT2D eigenvalue weighted by Gasteiger charge is -2.16. The van der Waals surface area contributed by atoms with Gasteiger partial charge in [0.15, 0.2) is 0 Å². The Labute approximate surface area is 201 Å². The van der Waals surface area contributed by atoms with Gasteiger partial charge in [-0.25, -0.2) is 4.79 Å². The number of hydrogen-bond donors (Lipinski definition) is 2. The Kier molecular flexibility index (Phi) is 6.00. The van der Waals surface area contributed by atoms with Crippen LogP contribution in [0, 0.1) is 5.92 Å². The fourth-order valence-corrected chi connectivity index (χ4v) is 4.88. The summed E-state index contributed by atoms with van der Waals surface area (Å²) in [5, 5.41) is 12.0. The number of carboxylic acid groups (broad SMARTS) is 1. The molecule has 2 aromatic carbocycles. The minimum Gasteiger partial charge on any atom is -0.481 e. The summed E-state index contributed by atoms with van der Waals surface area (Å²) < 4.78 is 16.1. The van der Waals surface area contributed by atoms with Gasteiger partial charge in [0.2, 0.25) is 5.76 Å². The SMILES string of the molecule is COC1CN(C(=O)c2occc2NC(=O)OCC2c3ccccc3-c3ccccc32)CC1C(=O)O. The molecule has 5 rings (SSSR count). The molecule has 1 saturated heterocycles. The molecule has 1 aliphatic carbocycles. The van der Waals surface area contributed by atoms with E-state index < -0.39 is 30.0 Å². The molecule has 2 aliphatic rings. The molecule has 3 aromatic rings. The zero-order valence-electron chi connectivity index (χ0n) is 19.0. The van der Waals surface area contributed by atoms with Crippen LogP contribution in [0.4, 0.5) is 10.5 Å². The van der Waals surface area contributed by atoms with Crippen molar-refractivity contribution in [2.75, 3.05) is 32.1 Å². The molecule has 2 heterocycles. The number of methoxy groups -OCH3 is 1. The summed E-state index contributed by atoms with van der Waals surface area (Å²) in [6.07, 6.45) is -0.0583. The van der Waals surface area contributed by atoms with Gasteiger partial charge < -0.3 is 23.9 Å². The van der Waals surface area contributed by atoms with Crippen LogP contribution in [0.15, 0.2) is 65.3 Å². The van der Waals surface area contributed by atoms with Crippen LogP contribution in [0.3, 0.4) is 0 Å². The van der Waals surface area contributed by atoms with E-state index in [2.05, 4.69) is 17.4 Å². The maximum absolute atomic E-state index is 13.0. The number of nitrogens with one attached hydrogen (secondary N) is 1. The second-order valence-corrected chi connectivity index (χ2v) is 8.54. The number of ether oxygens (including phenoxy) is 2. The third-order valence-electron chi connectivity index (χ3n) is 6.61. The maximum Gasteiger partial charge on any atom is 0.411 e. The zero-order valence-corrected chi connectivity index (χ0v) is 19.0. The van der Waals surface area contributed by atoms with Crippen molar-refractivity contribution in [1.29, 1.82) is 0 Å². The number of likely N-dealkylation sites (tertiary alicyclic amines) is 1. The average Bonchev–Trinajstić information content (AvgIpc) is 3.58. The Balaban J connectivity index is 1.25. The molecule has 0 bridgehead atoms. The van der Waals surface area contributed by atoms with E-state index in [9.17, 15) is 19.5 Å². The van der Waals surface area contributed by atoms with Gasteiger partial charge in [0.25, 0.3) is 5.91 Å². The number of nitrogens with zero attached hydrogens (tertiary/aromatic N) is 1. The lowest BCUT2D eigenvalue weighted by molar-refractivity contribution is -0.144. The maximum atomic E-state index is 13.0. The number of anilines is 1. The average molecular weight is 476 g/mol. The molecule has 1 aliphatic heterocycles. The summed E-state index contributed by atoms with van der Waals surface area (Å²) in [5.74, 6) is -2.60. The fourth-order valence-electron chi connectivity index (χ4n) is 4.88. The van der Waals surface area contributed by atoms with Crippen molar-refractivity contribution in [1.82, 2.24) is 4.90 Å². The van der Waals surface area contributed by atoms with Gasteiger partial charge in [-0.15, -0.1) is 0 Å². The van der Waals surface area contributed by atoms with Crippen LogP contribution < -0.4 is 5.32 Å². The molecule has 0 spiro atoms. The van der Waals surface area contributed by atoms with E-state index in [0.717, 1.165) is 22.3 Å². The predicted octanol–water partition coefficient (Wildman–Crippen LogP) is 3.81. The third-order valence-corrected chi connectivity index (χ3v) is 6.61. The normalized spacial score (nSPS) is 18.7. The molecule has 9 nitrogen and oxygen atoms in total. The molecular weight excluding hydrogens is 452 g/mol. The van der Waals surface area contributed by atoms with Crippen molar-refractivity contribution in [2.45, 2.75) is 12.0 Å². The molecule has 35 heavy (non-hydrogen) atoms. The number of carboxylic acids is 1. The zero-order chi connectivity index (χ0) is 24.5. The van der Waals surface area contributed by atoms with E-state index in [1.54, 1.807) is 0 Å². The van der Waals surface area contributed by atoms with E-state index in [4.69, 9.17) is 13.9 Å². The number of aliphatic carboxylic acids is 1. The summed E-state index contributed by atoms with van der Waals surface area (Å²) in [6.45, 7) is 0.220. The minimum atomic E-state index is -1.04. The standard InChI is InChI=1S/C26H24N2O7/c1-33-22-13-28(12-19(22)25(30)31)24(29)23-21(10-11-34-23)27-26(32)35-14-20-17-8-4-2-6-15(17)16-7-3-5-9-18(16)20/h2-11,19-20,22H,12-14H2,1H3,(H,27,32)(H,30,31). The van der Waals surface area contributed by atoms with E-state index in [0.29, 0.717) is 0 Å². The first-order valence-corrected chi connectivity index (χ1v) is 11.2. The molecule has 2 N–H and O–H groups in total. The van der Waals surface area contributed by atoms with Gasteiger partial charge in [0.05, 0.1) is 18.1 Å². The summed E-state index contributed by atoms with van der Waals surface area (Å²) >= 11 is 0. The Morgan fingerprint density at radius 2 is 1.69 bits per heavy atom. The van der Waals surface area contributed by atoms with Crippen molar-refractivity contribution >= 4 is 23.7 Å². The Morgan fingerprint density at radius 1 is 1.03 bits per heavy atom. The summed E-state index contributed by atoms with van der Waals surface area (Å²) in [5.41, 5.74) is 4.59. The third kappa shape index (κ3) is 4.15. The van der Waals surface area contributed by atoms with Crippen molar-refractivity contribution in [3.8, 4) is 11.1 Å². The van der Waals surface area contributed by atoms with Crippen molar-refractivity contribution < 1.29 is 33.4 Å². The number of furan rings is 1. The molecule has 180 valence electrons. The largest absolute Gasteiger partial charge is 0.481 e. The van der Waals surface area contributed by atoms with Crippen LogP contribution >= 0.6 is 0 Å². The van der Waals surface area contributed by atoms with Gasteiger partial charge in [-0.1, -0.05) is 48.5 Å². The van der Waals surface area contributed by atoms with Crippen LogP contribution in [0.2, 0.25) is 0 Å². The fraction of sp³-hybridized carbons (Fsp3) is 0.269. The predicted molar refractivity (Wildman–Crippen MR) is 125 cm³/mol. The van der Waals surface area contributed by atoms with Gasteiger partial charge in [-0.3, -0.25) is 14.9 Å². The highest BCUT2D eigenvalue weighted by Crippen LogP contribution is 2.44. The second-order valence-electron chi connectivity index (χ2n) is 8.54. The number of rotatable bonds is 6. The number of fused-ring (bicyclic) bond motifs is 3. The summed E-state index contributed by atoms with van der Waals surface area (Å²) in [4.78, 5) is 38.4. The van der Waals surface area contributed by atoms with Gasteiger partial charge in [-0.2, -0.15) is 0 Å². The van der Waals surface area contributed by atoms with E-state index in [1.807, 2.05) is 36.4 Å². The van der Waals surface area contributed by atoms with E-state index in [1.165, 1.54) is 24.3 Å². The van der Waals surface area contributed by atoms with Crippen LogP contribution in [0.1, 0.15) is 27.6 Å². The first-order valence-electron chi connectivity index (χ1n) is 11.2. The van der Waals surface area contributed by atoms with Crippen LogP contribution in [0.5, 0.6) is 0 Å². The number of benzene rings is 2. The van der Waals surface area contributed by atoms with Crippen molar-refractivity contribution in [3.63, 3.8) is 0 Å². The van der Waals surface area contributed by atoms with Gasteiger partial charge in [0, 0.05) is 32.2 Å². The number of carbonyl (C=O) groups is 3. The summed E-state index contributed by atoms with van der Waals surface area (Å²) in [6, 6.07) is 17.5. The lowest BCUT2D eigenvalue weighted by Crippen LogP contribution is -2.30. The molecular formula is C26H24N2O7. The number of carbonyl (C=O) groups excluding carboxylic acids is 2. The molecule has 2 unspecified atom stereocenters. The Hall–Kier alpha value is -4.11. The van der Waals surface area contributed by atoms with Gasteiger partial charge in [0.1, 0.15) is 12.5 Å². The first kappa shape index (κ1) is 22.7. The van der Waals surface area contributed by atoms with Crippen LogP contribution in [-0.4, -0.2) is 60.9 Å². The first-order chi connectivity index (χ1) is 17.0. The van der Waals surface area contributed by atoms with Crippen LogP contribution in [0.25, 0.3) is 11.1 Å². The quantitative estimate of drug-likeness (QED) is 0.555. The Morgan fingerprint density at radius 3 is 2.29 bits per heavy atom. The molecule has 1 aromatic heterocycles. The summed E-state index contributed by atoms with van der Waals surface area (Å²) in [7, 11) is 1.41. The number of amides is 2. The van der Waals surface area contributed by atoms with E-state index in [-0.39, 0.29) is 37.1 Å². The molecule has 9 heteroatoms. The lowest BCUT2D eigenvalue weighted by atomic mass is 9.98. The highest BCUT2D eigenvalue weighted by molar-refractivity contribution is 6.00. The number of hydrogen-bond acceptors (Lipinski definition) is 6. The van der Waals surface area contributed by atoms with Crippen molar-refractivity contribution in [3.05, 3.63) is 77.7 Å². The van der Waals surface area contributed by atoms with Crippen LogP contribution in [-0.2, 0) is 14.3 Å². The minimum absolute atomic E-state index is 0.0161. The highest BCUT2D eigenvalue weighted by Gasteiger charge is 2.41. The smallest absolute Gasteiger partial charge is 0.411 e. The Bertz CT molecular complexity index is 1240. The van der Waals surface area contributed by atoms with E-state index >= 15 is 0 Å². The van der Waals surface area contributed by atoms with Gasteiger partial charge >= 0.3 is 12.1 Å².